The molecule has 2 aromatic rings. The molecular weight excluding hydrogens is 306 g/mol. The maximum atomic E-state index is 12.7. The van der Waals surface area contributed by atoms with Gasteiger partial charge in [-0.05, 0) is 30.7 Å². The van der Waals surface area contributed by atoms with Crippen molar-refractivity contribution in [1.29, 1.82) is 0 Å². The first-order valence-corrected chi connectivity index (χ1v) is 7.55. The molecule has 0 unspecified atom stereocenters. The summed E-state index contributed by atoms with van der Waals surface area (Å²) in [5, 5.41) is 0. The molecule has 1 aromatic heterocycles. The zero-order valence-corrected chi connectivity index (χ0v) is 13.6. The van der Waals surface area contributed by atoms with E-state index < -0.39 is 5.97 Å². The van der Waals surface area contributed by atoms with Crippen LogP contribution in [0.2, 0.25) is 0 Å². The zero-order chi connectivity index (χ0) is 17.3. The summed E-state index contributed by atoms with van der Waals surface area (Å²) in [6.07, 6.45) is 3.26. The SMILES string of the molecule is C=C=Cc1ccc2c(c1)C(=O)N(C)Cc1c(C(=O)OCC)ncn1-2. The Bertz CT molecular complexity index is 876. The van der Waals surface area contributed by atoms with Crippen LogP contribution in [0.5, 0.6) is 0 Å². The molecule has 1 amide bonds. The summed E-state index contributed by atoms with van der Waals surface area (Å²) < 4.78 is 6.82. The van der Waals surface area contributed by atoms with E-state index in [1.165, 1.54) is 0 Å². The largest absolute Gasteiger partial charge is 0.461 e. The maximum absolute atomic E-state index is 12.7. The molecule has 0 saturated heterocycles. The molecule has 6 nitrogen and oxygen atoms in total. The Morgan fingerprint density at radius 3 is 3.00 bits per heavy atom. The third-order valence-electron chi connectivity index (χ3n) is 3.85. The van der Waals surface area contributed by atoms with Crippen LogP contribution in [-0.2, 0) is 11.3 Å². The van der Waals surface area contributed by atoms with Crippen LogP contribution in [0.3, 0.4) is 0 Å². The summed E-state index contributed by atoms with van der Waals surface area (Å²) in [7, 11) is 1.69. The third kappa shape index (κ3) is 2.53. The van der Waals surface area contributed by atoms with Gasteiger partial charge in [0.15, 0.2) is 5.69 Å². The van der Waals surface area contributed by atoms with Crippen LogP contribution in [0, 0.1) is 0 Å². The molecular formula is C18H17N3O3. The van der Waals surface area contributed by atoms with Crippen LogP contribution in [0.1, 0.15) is 39.0 Å². The highest BCUT2D eigenvalue weighted by atomic mass is 16.5. The fourth-order valence-electron chi connectivity index (χ4n) is 2.75. The van der Waals surface area contributed by atoms with Gasteiger partial charge in [-0.2, -0.15) is 0 Å². The van der Waals surface area contributed by atoms with Gasteiger partial charge in [0.25, 0.3) is 5.91 Å². The van der Waals surface area contributed by atoms with E-state index in [2.05, 4.69) is 17.3 Å². The number of ether oxygens (including phenoxy) is 1. The van der Waals surface area contributed by atoms with Crippen LogP contribution >= 0.6 is 0 Å². The summed E-state index contributed by atoms with van der Waals surface area (Å²) in [6, 6.07) is 5.48. The van der Waals surface area contributed by atoms with Crippen LogP contribution in [0.4, 0.5) is 0 Å². The van der Waals surface area contributed by atoms with Gasteiger partial charge in [0.05, 0.1) is 30.1 Å². The number of amides is 1. The Hall–Kier alpha value is -3.11. The average Bonchev–Trinajstić information content (AvgIpc) is 2.94. The van der Waals surface area contributed by atoms with Crippen LogP contribution in [0.25, 0.3) is 11.8 Å². The fraction of sp³-hybridized carbons (Fsp3) is 0.222. The fourth-order valence-corrected chi connectivity index (χ4v) is 2.75. The summed E-state index contributed by atoms with van der Waals surface area (Å²) in [5.74, 6) is -0.607. The topological polar surface area (TPSA) is 64.4 Å². The average molecular weight is 323 g/mol. The van der Waals surface area contributed by atoms with E-state index in [4.69, 9.17) is 4.74 Å². The second kappa shape index (κ2) is 6.18. The number of hydrogen-bond acceptors (Lipinski definition) is 4. The molecule has 122 valence electrons. The molecule has 0 fully saturated rings. The number of imidazole rings is 1. The standard InChI is InChI=1S/C18H17N3O3/c1-4-6-12-7-8-14-13(9-12)17(22)20(3)10-15-16(18(23)24-5-2)19-11-21(14)15/h6-9,11H,1,5,10H2,2-3H3. The van der Waals surface area contributed by atoms with Crippen LogP contribution in [0.15, 0.2) is 36.8 Å². The lowest BCUT2D eigenvalue weighted by atomic mass is 10.1. The van der Waals surface area contributed by atoms with Gasteiger partial charge in [0.1, 0.15) is 6.33 Å². The van der Waals surface area contributed by atoms with Crippen molar-refractivity contribution in [3.63, 3.8) is 0 Å². The highest BCUT2D eigenvalue weighted by Gasteiger charge is 2.28. The first-order chi connectivity index (χ1) is 11.6. The van der Waals surface area contributed by atoms with Gasteiger partial charge < -0.3 is 9.64 Å². The van der Waals surface area contributed by atoms with Gasteiger partial charge in [-0.1, -0.05) is 12.6 Å². The molecule has 0 spiro atoms. The second-order valence-electron chi connectivity index (χ2n) is 5.42. The molecule has 0 saturated carbocycles. The van der Waals surface area contributed by atoms with Crippen molar-refractivity contribution in [2.45, 2.75) is 13.5 Å². The van der Waals surface area contributed by atoms with Crippen molar-refractivity contribution in [2.75, 3.05) is 13.7 Å². The number of carbonyl (C=O) groups is 2. The number of esters is 1. The number of benzene rings is 1. The molecule has 2 heterocycles. The Morgan fingerprint density at radius 2 is 2.29 bits per heavy atom. The molecule has 1 aliphatic rings. The minimum absolute atomic E-state index is 0.122. The highest BCUT2D eigenvalue weighted by molar-refractivity contribution is 5.99. The molecule has 1 aliphatic heterocycles. The summed E-state index contributed by atoms with van der Waals surface area (Å²) >= 11 is 0. The lowest BCUT2D eigenvalue weighted by Crippen LogP contribution is -2.26. The monoisotopic (exact) mass is 323 g/mol. The zero-order valence-electron chi connectivity index (χ0n) is 13.6. The number of aromatic nitrogens is 2. The van der Waals surface area contributed by atoms with E-state index in [0.717, 1.165) is 5.56 Å². The molecule has 6 heteroatoms. The van der Waals surface area contributed by atoms with Crippen LogP contribution in [-0.4, -0.2) is 40.0 Å². The van der Waals surface area contributed by atoms with Crippen molar-refractivity contribution in [3.8, 4) is 5.69 Å². The quantitative estimate of drug-likeness (QED) is 0.643. The predicted octanol–water partition coefficient (Wildman–Crippen LogP) is 2.43. The van der Waals surface area contributed by atoms with Gasteiger partial charge in [-0.25, -0.2) is 9.78 Å². The van der Waals surface area contributed by atoms with E-state index in [9.17, 15) is 9.59 Å². The maximum Gasteiger partial charge on any atom is 0.358 e. The highest BCUT2D eigenvalue weighted by Crippen LogP contribution is 2.27. The van der Waals surface area contributed by atoms with Crippen LogP contribution < -0.4 is 0 Å². The smallest absolute Gasteiger partial charge is 0.358 e. The van der Waals surface area contributed by atoms with E-state index in [-0.39, 0.29) is 24.8 Å². The molecule has 24 heavy (non-hydrogen) atoms. The Kier molecular flexibility index (Phi) is 4.06. The molecule has 0 radical (unpaired) electrons. The number of hydrogen-bond donors (Lipinski definition) is 0. The van der Waals surface area contributed by atoms with E-state index in [1.807, 2.05) is 12.1 Å². The van der Waals surface area contributed by atoms with Gasteiger partial charge in [-0.15, -0.1) is 5.73 Å². The first-order valence-electron chi connectivity index (χ1n) is 7.55. The van der Waals surface area contributed by atoms with E-state index in [0.29, 0.717) is 16.9 Å². The summed E-state index contributed by atoms with van der Waals surface area (Å²) in [6.45, 7) is 5.84. The molecule has 0 N–H and O–H groups in total. The van der Waals surface area contributed by atoms with Crippen molar-refractivity contribution < 1.29 is 14.3 Å². The van der Waals surface area contributed by atoms with Gasteiger partial charge in [0.2, 0.25) is 0 Å². The van der Waals surface area contributed by atoms with Crippen molar-refractivity contribution in [2.24, 2.45) is 0 Å². The minimum atomic E-state index is -0.484. The number of rotatable bonds is 3. The summed E-state index contributed by atoms with van der Waals surface area (Å²) in [5.41, 5.74) is 5.63. The van der Waals surface area contributed by atoms with E-state index >= 15 is 0 Å². The van der Waals surface area contributed by atoms with Crippen molar-refractivity contribution in [3.05, 3.63) is 59.4 Å². The number of nitrogens with zero attached hydrogens (tertiary/aromatic N) is 3. The second-order valence-corrected chi connectivity index (χ2v) is 5.42. The van der Waals surface area contributed by atoms with Crippen molar-refractivity contribution in [1.82, 2.24) is 14.5 Å². The first kappa shape index (κ1) is 15.8. The third-order valence-corrected chi connectivity index (χ3v) is 3.85. The van der Waals surface area contributed by atoms with Gasteiger partial charge in [0, 0.05) is 7.05 Å². The van der Waals surface area contributed by atoms with Gasteiger partial charge in [-0.3, -0.25) is 9.36 Å². The minimum Gasteiger partial charge on any atom is -0.461 e. The van der Waals surface area contributed by atoms with Crippen molar-refractivity contribution >= 4 is 18.0 Å². The number of fused-ring (bicyclic) bond motifs is 3. The lowest BCUT2D eigenvalue weighted by molar-refractivity contribution is 0.0516. The summed E-state index contributed by atoms with van der Waals surface area (Å²) in [4.78, 5) is 30.6. The predicted molar refractivity (Wildman–Crippen MR) is 88.9 cm³/mol. The molecule has 3 rings (SSSR count). The molecule has 0 bridgehead atoms. The Balaban J connectivity index is 2.19. The normalized spacial score (nSPS) is 12.8. The Labute approximate surface area is 139 Å². The molecule has 0 atom stereocenters. The molecule has 1 aromatic carbocycles. The van der Waals surface area contributed by atoms with Gasteiger partial charge >= 0.3 is 5.97 Å². The lowest BCUT2D eigenvalue weighted by Gasteiger charge is -2.14. The molecule has 0 aliphatic carbocycles. The Morgan fingerprint density at radius 1 is 1.50 bits per heavy atom. The number of carbonyl (C=O) groups excluding carboxylic acids is 2. The van der Waals surface area contributed by atoms with E-state index in [1.54, 1.807) is 41.9 Å².